The van der Waals surface area contributed by atoms with Gasteiger partial charge in [0.15, 0.2) is 5.69 Å². The van der Waals surface area contributed by atoms with Crippen LogP contribution in [0.3, 0.4) is 0 Å². The summed E-state index contributed by atoms with van der Waals surface area (Å²) in [5, 5.41) is 0. The molecule has 1 aromatic rings. The number of hydrogen-bond donors (Lipinski definition) is 0. The lowest BCUT2D eigenvalue weighted by molar-refractivity contribution is -0.0746. The van der Waals surface area contributed by atoms with Crippen LogP contribution in [-0.4, -0.2) is 50.5 Å². The molecule has 1 aromatic heterocycles. The Balaban J connectivity index is 3.08. The van der Waals surface area contributed by atoms with E-state index in [1.807, 2.05) is 0 Å². The van der Waals surface area contributed by atoms with Crippen molar-refractivity contribution >= 4 is 5.78 Å². The molecule has 0 saturated carbocycles. The molecular formula is C10H14N2O5. The van der Waals surface area contributed by atoms with E-state index >= 15 is 0 Å². The topological polar surface area (TPSA) is 79.8 Å². The van der Waals surface area contributed by atoms with Gasteiger partial charge < -0.3 is 18.9 Å². The number of carbonyl (C=O) groups excluding carboxylic acids is 1. The molecule has 0 aliphatic rings. The van der Waals surface area contributed by atoms with Gasteiger partial charge in [-0.3, -0.25) is 4.79 Å². The van der Waals surface area contributed by atoms with Gasteiger partial charge in [0.25, 0.3) is 0 Å². The van der Waals surface area contributed by atoms with Crippen molar-refractivity contribution in [3.8, 4) is 11.8 Å². The molecule has 17 heavy (non-hydrogen) atoms. The van der Waals surface area contributed by atoms with Gasteiger partial charge in [-0.05, 0) is 0 Å². The van der Waals surface area contributed by atoms with Gasteiger partial charge in [-0.25, -0.2) is 4.98 Å². The van der Waals surface area contributed by atoms with Crippen molar-refractivity contribution in [2.75, 3.05) is 28.4 Å². The summed E-state index contributed by atoms with van der Waals surface area (Å²) in [6.45, 7) is 0. The first kappa shape index (κ1) is 13.3. The van der Waals surface area contributed by atoms with Gasteiger partial charge in [0.1, 0.15) is 0 Å². The Morgan fingerprint density at radius 1 is 1.18 bits per heavy atom. The third-order valence-corrected chi connectivity index (χ3v) is 2.00. The first-order chi connectivity index (χ1) is 8.17. The van der Waals surface area contributed by atoms with Gasteiger partial charge in [0, 0.05) is 14.2 Å². The third kappa shape index (κ3) is 2.89. The molecule has 0 atom stereocenters. The lowest BCUT2D eigenvalue weighted by Gasteiger charge is -2.13. The molecule has 0 saturated heterocycles. The van der Waals surface area contributed by atoms with Crippen LogP contribution in [0.25, 0.3) is 0 Å². The summed E-state index contributed by atoms with van der Waals surface area (Å²) in [5.74, 6) is -0.153. The highest BCUT2D eigenvalue weighted by Gasteiger charge is 2.25. The Hall–Kier alpha value is -1.73. The maximum absolute atomic E-state index is 11.9. The molecule has 0 aliphatic carbocycles. The van der Waals surface area contributed by atoms with E-state index in [2.05, 4.69) is 9.97 Å². The molecule has 0 aliphatic heterocycles. The number of rotatable bonds is 6. The maximum atomic E-state index is 11.9. The van der Waals surface area contributed by atoms with E-state index in [1.165, 1.54) is 34.6 Å². The van der Waals surface area contributed by atoms with Crippen molar-refractivity contribution < 1.29 is 23.7 Å². The summed E-state index contributed by atoms with van der Waals surface area (Å²) in [6, 6.07) is 0. The number of ketones is 1. The average molecular weight is 242 g/mol. The van der Waals surface area contributed by atoms with E-state index in [4.69, 9.17) is 18.9 Å². The van der Waals surface area contributed by atoms with Crippen molar-refractivity contribution in [3.05, 3.63) is 11.9 Å². The highest BCUT2D eigenvalue weighted by molar-refractivity contribution is 5.98. The molecule has 7 nitrogen and oxygen atoms in total. The van der Waals surface area contributed by atoms with Crippen molar-refractivity contribution in [3.63, 3.8) is 0 Å². The molecule has 1 rings (SSSR count). The average Bonchev–Trinajstić information content (AvgIpc) is 2.39. The van der Waals surface area contributed by atoms with E-state index < -0.39 is 12.1 Å². The Labute approximate surface area is 98.7 Å². The van der Waals surface area contributed by atoms with Crippen molar-refractivity contribution in [2.45, 2.75) is 6.29 Å². The van der Waals surface area contributed by atoms with E-state index in [1.54, 1.807) is 0 Å². The Morgan fingerprint density at radius 2 is 1.82 bits per heavy atom. The van der Waals surface area contributed by atoms with E-state index in [9.17, 15) is 4.79 Å². The highest BCUT2D eigenvalue weighted by Crippen LogP contribution is 2.18. The molecule has 1 heterocycles. The van der Waals surface area contributed by atoms with Crippen molar-refractivity contribution in [2.24, 2.45) is 0 Å². The number of ether oxygens (including phenoxy) is 4. The maximum Gasteiger partial charge on any atom is 0.247 e. The summed E-state index contributed by atoms with van der Waals surface area (Å²) in [5.41, 5.74) is 0.0296. The zero-order valence-corrected chi connectivity index (χ0v) is 10.1. The predicted molar refractivity (Wildman–Crippen MR) is 57.3 cm³/mol. The van der Waals surface area contributed by atoms with Crippen LogP contribution in [0.4, 0.5) is 0 Å². The SMILES string of the molecule is COc1cnc(C(=O)C(OC)OC)c(OC)n1. The van der Waals surface area contributed by atoms with E-state index in [0.29, 0.717) is 0 Å². The summed E-state index contributed by atoms with van der Waals surface area (Å²) < 4.78 is 19.5. The minimum absolute atomic E-state index is 0.0296. The monoisotopic (exact) mass is 242 g/mol. The second kappa shape index (κ2) is 6.12. The van der Waals surface area contributed by atoms with Crippen LogP contribution < -0.4 is 9.47 Å². The van der Waals surface area contributed by atoms with Gasteiger partial charge in [0.2, 0.25) is 23.8 Å². The summed E-state index contributed by atoms with van der Waals surface area (Å²) in [7, 11) is 5.54. The Morgan fingerprint density at radius 3 is 2.29 bits per heavy atom. The van der Waals surface area contributed by atoms with Crippen LogP contribution in [0.5, 0.6) is 11.8 Å². The molecular weight excluding hydrogens is 228 g/mol. The van der Waals surface area contributed by atoms with Crippen LogP contribution >= 0.6 is 0 Å². The molecule has 94 valence electrons. The standard InChI is InChI=1S/C10H14N2O5/c1-14-6-5-11-7(9(12-6)15-2)8(13)10(16-3)17-4/h5,10H,1-4H3. The predicted octanol–water partition coefficient (Wildman–Crippen LogP) is 0.295. The fraction of sp³-hybridized carbons (Fsp3) is 0.500. The number of carbonyl (C=O) groups is 1. The van der Waals surface area contributed by atoms with Crippen LogP contribution in [0.15, 0.2) is 6.20 Å². The fourth-order valence-corrected chi connectivity index (χ4v) is 1.19. The number of nitrogens with zero attached hydrogens (tertiary/aromatic N) is 2. The van der Waals surface area contributed by atoms with Gasteiger partial charge >= 0.3 is 0 Å². The lowest BCUT2D eigenvalue weighted by Crippen LogP contribution is -2.26. The second-order valence-corrected chi connectivity index (χ2v) is 2.94. The van der Waals surface area contributed by atoms with Crippen molar-refractivity contribution in [1.29, 1.82) is 0 Å². The summed E-state index contributed by atoms with van der Waals surface area (Å²) >= 11 is 0. The van der Waals surface area contributed by atoms with E-state index in [0.717, 1.165) is 0 Å². The first-order valence-electron chi connectivity index (χ1n) is 4.72. The van der Waals surface area contributed by atoms with Gasteiger partial charge in [0.05, 0.1) is 20.4 Å². The molecule has 7 heteroatoms. The van der Waals surface area contributed by atoms with Crippen LogP contribution in [0, 0.1) is 0 Å². The van der Waals surface area contributed by atoms with E-state index in [-0.39, 0.29) is 17.5 Å². The number of aromatic nitrogens is 2. The zero-order valence-electron chi connectivity index (χ0n) is 10.1. The largest absolute Gasteiger partial charge is 0.480 e. The third-order valence-electron chi connectivity index (χ3n) is 2.00. The number of methoxy groups -OCH3 is 4. The summed E-state index contributed by atoms with van der Waals surface area (Å²) in [4.78, 5) is 19.8. The first-order valence-corrected chi connectivity index (χ1v) is 4.72. The summed E-state index contributed by atoms with van der Waals surface area (Å²) in [6.07, 6.45) is 0.282. The van der Waals surface area contributed by atoms with Crippen LogP contribution in [-0.2, 0) is 9.47 Å². The fourth-order valence-electron chi connectivity index (χ4n) is 1.19. The van der Waals surface area contributed by atoms with Gasteiger partial charge in [-0.1, -0.05) is 0 Å². The van der Waals surface area contributed by atoms with Crippen molar-refractivity contribution in [1.82, 2.24) is 9.97 Å². The molecule has 0 amide bonds. The van der Waals surface area contributed by atoms with Gasteiger partial charge in [-0.15, -0.1) is 0 Å². The molecule has 0 fully saturated rings. The lowest BCUT2D eigenvalue weighted by atomic mass is 10.2. The smallest absolute Gasteiger partial charge is 0.247 e. The normalized spacial score (nSPS) is 10.4. The molecule has 0 N–H and O–H groups in total. The second-order valence-electron chi connectivity index (χ2n) is 2.94. The molecule has 0 radical (unpaired) electrons. The minimum Gasteiger partial charge on any atom is -0.480 e. The Kier molecular flexibility index (Phi) is 4.80. The Bertz CT molecular complexity index is 392. The van der Waals surface area contributed by atoms with Crippen LogP contribution in [0.2, 0.25) is 0 Å². The molecule has 0 aromatic carbocycles. The van der Waals surface area contributed by atoms with Crippen LogP contribution in [0.1, 0.15) is 10.5 Å². The zero-order chi connectivity index (χ0) is 12.8. The molecule has 0 unspecified atom stereocenters. The molecule has 0 bridgehead atoms. The quantitative estimate of drug-likeness (QED) is 0.524. The number of hydrogen-bond acceptors (Lipinski definition) is 7. The highest BCUT2D eigenvalue weighted by atomic mass is 16.7. The number of Topliss-reactive ketones (excluding diaryl/α,β-unsaturated/α-hetero) is 1. The van der Waals surface area contributed by atoms with Gasteiger partial charge in [-0.2, -0.15) is 4.98 Å². The minimum atomic E-state index is -1.04. The molecule has 0 spiro atoms.